The number of nitrogens with one attached hydrogen (secondary N) is 1. The first-order valence-electron chi connectivity index (χ1n) is 9.68. The van der Waals surface area contributed by atoms with Crippen LogP contribution >= 0.6 is 11.8 Å². The summed E-state index contributed by atoms with van der Waals surface area (Å²) in [5.74, 6) is 2.48. The maximum absolute atomic E-state index is 12.6. The largest absolute Gasteiger partial charge is 0.497 e. The van der Waals surface area contributed by atoms with E-state index < -0.39 is 0 Å². The summed E-state index contributed by atoms with van der Waals surface area (Å²) in [7, 11) is 3.11. The van der Waals surface area contributed by atoms with Crippen LogP contribution in [0.15, 0.2) is 70.7 Å². The van der Waals surface area contributed by atoms with E-state index in [9.17, 15) is 4.79 Å². The number of benzene rings is 1. The molecule has 3 heterocycles. The van der Waals surface area contributed by atoms with Crippen molar-refractivity contribution in [2.75, 3.05) is 25.3 Å². The summed E-state index contributed by atoms with van der Waals surface area (Å²) in [6, 6.07) is 12.7. The molecule has 0 aliphatic rings. The fourth-order valence-electron chi connectivity index (χ4n) is 3.03. The number of carbonyl (C=O) groups excluding carboxylic acids is 1. The normalized spacial score (nSPS) is 10.7. The van der Waals surface area contributed by atoms with E-state index in [0.717, 1.165) is 11.3 Å². The number of thioether (sulfide) groups is 1. The summed E-state index contributed by atoms with van der Waals surface area (Å²) >= 11 is 1.28. The molecule has 0 saturated carbocycles. The fraction of sp³-hybridized carbons (Fsp3) is 0.182. The topological polar surface area (TPSA) is 104 Å². The van der Waals surface area contributed by atoms with Gasteiger partial charge in [0.2, 0.25) is 5.91 Å². The molecule has 9 nitrogen and oxygen atoms in total. The molecule has 0 bridgehead atoms. The van der Waals surface area contributed by atoms with Crippen molar-refractivity contribution < 1.29 is 18.7 Å². The smallest absolute Gasteiger partial charge is 0.234 e. The van der Waals surface area contributed by atoms with Crippen LogP contribution in [0.2, 0.25) is 0 Å². The van der Waals surface area contributed by atoms with Crippen molar-refractivity contribution >= 4 is 23.4 Å². The summed E-state index contributed by atoms with van der Waals surface area (Å²) in [6.07, 6.45) is 5.04. The number of hydrogen-bond donors (Lipinski definition) is 1. The van der Waals surface area contributed by atoms with E-state index in [-0.39, 0.29) is 11.7 Å². The predicted octanol–water partition coefficient (Wildman–Crippen LogP) is 3.73. The molecule has 0 spiro atoms. The lowest BCUT2D eigenvalue weighted by Crippen LogP contribution is -2.15. The van der Waals surface area contributed by atoms with Gasteiger partial charge in [-0.05, 0) is 36.4 Å². The number of methoxy groups -OCH3 is 2. The molecule has 0 unspecified atom stereocenters. The van der Waals surface area contributed by atoms with Gasteiger partial charge < -0.3 is 19.2 Å². The second-order valence-corrected chi connectivity index (χ2v) is 7.56. The second kappa shape index (κ2) is 10.0. The highest BCUT2D eigenvalue weighted by Crippen LogP contribution is 2.30. The number of aromatic nitrogens is 4. The first-order chi connectivity index (χ1) is 15.7. The zero-order valence-corrected chi connectivity index (χ0v) is 18.3. The maximum Gasteiger partial charge on any atom is 0.234 e. The Bertz CT molecular complexity index is 1180. The van der Waals surface area contributed by atoms with E-state index in [1.165, 1.54) is 11.8 Å². The van der Waals surface area contributed by atoms with Crippen LogP contribution in [0.4, 0.5) is 5.69 Å². The summed E-state index contributed by atoms with van der Waals surface area (Å²) < 4.78 is 17.9. The van der Waals surface area contributed by atoms with Crippen molar-refractivity contribution in [2.24, 2.45) is 0 Å². The fourth-order valence-corrected chi connectivity index (χ4v) is 3.77. The van der Waals surface area contributed by atoms with Crippen molar-refractivity contribution in [2.45, 2.75) is 11.7 Å². The summed E-state index contributed by atoms with van der Waals surface area (Å²) in [4.78, 5) is 16.8. The highest BCUT2D eigenvalue weighted by Gasteiger charge is 2.18. The molecule has 0 atom stereocenters. The van der Waals surface area contributed by atoms with Gasteiger partial charge in [-0.1, -0.05) is 11.8 Å². The third-order valence-electron chi connectivity index (χ3n) is 4.54. The van der Waals surface area contributed by atoms with Crippen molar-refractivity contribution in [3.63, 3.8) is 0 Å². The number of pyridine rings is 1. The molecule has 4 aromatic rings. The maximum atomic E-state index is 12.6. The number of anilines is 1. The average molecular weight is 452 g/mol. The van der Waals surface area contributed by atoms with Crippen LogP contribution in [0.5, 0.6) is 11.5 Å². The van der Waals surface area contributed by atoms with Crippen LogP contribution in [0.3, 0.4) is 0 Å². The van der Waals surface area contributed by atoms with E-state index >= 15 is 0 Å². The van der Waals surface area contributed by atoms with Crippen LogP contribution in [0.1, 0.15) is 5.76 Å². The van der Waals surface area contributed by atoms with E-state index in [0.29, 0.717) is 34.7 Å². The van der Waals surface area contributed by atoms with Gasteiger partial charge in [-0.3, -0.25) is 14.3 Å². The minimum absolute atomic E-state index is 0.129. The Balaban J connectivity index is 1.52. The van der Waals surface area contributed by atoms with Gasteiger partial charge in [-0.25, -0.2) is 0 Å². The Morgan fingerprint density at radius 1 is 1.16 bits per heavy atom. The Labute approximate surface area is 188 Å². The second-order valence-electron chi connectivity index (χ2n) is 6.62. The highest BCUT2D eigenvalue weighted by molar-refractivity contribution is 7.99. The molecular formula is C22H21N5O4S. The molecule has 0 fully saturated rings. The van der Waals surface area contributed by atoms with E-state index in [1.807, 2.05) is 28.8 Å². The van der Waals surface area contributed by atoms with E-state index in [1.54, 1.807) is 51.1 Å². The van der Waals surface area contributed by atoms with Gasteiger partial charge in [0.05, 0.1) is 38.5 Å². The monoisotopic (exact) mass is 451 g/mol. The molecule has 32 heavy (non-hydrogen) atoms. The predicted molar refractivity (Wildman–Crippen MR) is 120 cm³/mol. The first kappa shape index (κ1) is 21.4. The van der Waals surface area contributed by atoms with Crippen LogP contribution in [-0.4, -0.2) is 45.6 Å². The van der Waals surface area contributed by atoms with Crippen molar-refractivity contribution in [3.8, 4) is 22.9 Å². The van der Waals surface area contributed by atoms with Crippen molar-refractivity contribution in [1.29, 1.82) is 0 Å². The molecule has 0 aliphatic carbocycles. The first-order valence-corrected chi connectivity index (χ1v) is 10.7. The third kappa shape index (κ3) is 4.92. The molecule has 10 heteroatoms. The van der Waals surface area contributed by atoms with Crippen LogP contribution in [0.25, 0.3) is 11.4 Å². The highest BCUT2D eigenvalue weighted by atomic mass is 32.2. The lowest BCUT2D eigenvalue weighted by Gasteiger charge is -2.12. The number of carbonyl (C=O) groups is 1. The van der Waals surface area contributed by atoms with Gasteiger partial charge in [-0.15, -0.1) is 10.2 Å². The van der Waals surface area contributed by atoms with Gasteiger partial charge >= 0.3 is 0 Å². The SMILES string of the molecule is COc1ccc(OC)c(NC(=O)CSc2nnc(-c3cccnc3)n2Cc2ccco2)c1. The zero-order valence-electron chi connectivity index (χ0n) is 17.5. The Kier molecular flexibility index (Phi) is 6.71. The zero-order chi connectivity index (χ0) is 22.3. The van der Waals surface area contributed by atoms with Crippen molar-refractivity contribution in [3.05, 3.63) is 66.9 Å². The Morgan fingerprint density at radius 2 is 2.06 bits per heavy atom. The van der Waals surface area contributed by atoms with Gasteiger partial charge in [0.1, 0.15) is 17.3 Å². The van der Waals surface area contributed by atoms with E-state index in [4.69, 9.17) is 13.9 Å². The third-order valence-corrected chi connectivity index (χ3v) is 5.51. The summed E-state index contributed by atoms with van der Waals surface area (Å²) in [5.41, 5.74) is 1.36. The summed E-state index contributed by atoms with van der Waals surface area (Å²) in [5, 5.41) is 12.1. The molecule has 3 aromatic heterocycles. The number of nitrogens with zero attached hydrogens (tertiary/aromatic N) is 4. The molecule has 164 valence electrons. The Hall–Kier alpha value is -3.79. The van der Waals surface area contributed by atoms with Crippen LogP contribution < -0.4 is 14.8 Å². The quantitative estimate of drug-likeness (QED) is 0.384. The van der Waals surface area contributed by atoms with Crippen LogP contribution in [-0.2, 0) is 11.3 Å². The molecule has 1 amide bonds. The minimum Gasteiger partial charge on any atom is -0.497 e. The Morgan fingerprint density at radius 3 is 2.78 bits per heavy atom. The number of hydrogen-bond acceptors (Lipinski definition) is 8. The van der Waals surface area contributed by atoms with Gasteiger partial charge in [0.25, 0.3) is 0 Å². The number of amides is 1. The number of ether oxygens (including phenoxy) is 2. The lowest BCUT2D eigenvalue weighted by atomic mass is 10.2. The lowest BCUT2D eigenvalue weighted by molar-refractivity contribution is -0.113. The number of rotatable bonds is 9. The standard InChI is InChI=1S/C22H21N5O4S/c1-29-16-7-8-19(30-2)18(11-16)24-20(28)14-32-22-26-25-21(15-5-3-9-23-12-15)27(22)13-17-6-4-10-31-17/h3-12H,13-14H2,1-2H3,(H,24,28). The average Bonchev–Trinajstić information content (AvgIpc) is 3.48. The van der Waals surface area contributed by atoms with E-state index in [2.05, 4.69) is 20.5 Å². The van der Waals surface area contributed by atoms with Crippen LogP contribution in [0, 0.1) is 0 Å². The van der Waals surface area contributed by atoms with Gasteiger partial charge in [-0.2, -0.15) is 0 Å². The molecule has 1 N–H and O–H groups in total. The molecule has 0 saturated heterocycles. The minimum atomic E-state index is -0.211. The molecular weight excluding hydrogens is 430 g/mol. The van der Waals surface area contributed by atoms with Gasteiger partial charge in [0.15, 0.2) is 11.0 Å². The molecule has 0 aliphatic heterocycles. The van der Waals surface area contributed by atoms with Crippen molar-refractivity contribution in [1.82, 2.24) is 19.7 Å². The molecule has 0 radical (unpaired) electrons. The molecule has 4 rings (SSSR count). The van der Waals surface area contributed by atoms with Gasteiger partial charge in [0, 0.05) is 24.0 Å². The number of furan rings is 1. The summed E-state index contributed by atoms with van der Waals surface area (Å²) in [6.45, 7) is 0.428. The molecule has 1 aromatic carbocycles.